The van der Waals surface area contributed by atoms with Gasteiger partial charge in [-0.2, -0.15) is 18.8 Å². The van der Waals surface area contributed by atoms with Gasteiger partial charge in [0, 0.05) is 5.56 Å². The first kappa shape index (κ1) is 112. The van der Waals surface area contributed by atoms with E-state index in [1.807, 2.05) is 253 Å². The minimum atomic E-state index is -3.94. The van der Waals surface area contributed by atoms with E-state index in [2.05, 4.69) is 104 Å². The van der Waals surface area contributed by atoms with Crippen LogP contribution in [0.5, 0.6) is 11.5 Å². The second kappa shape index (κ2) is 55.9. The number of aromatic hydroxyl groups is 1. The Morgan fingerprint density at radius 3 is 0.883 bits per heavy atom. The number of carboxylic acid groups (broad SMARTS) is 6. The number of tetrazole rings is 1. The molecule has 21 nitrogen and oxygen atoms in total. The highest BCUT2D eigenvalue weighted by atomic mass is 32.2. The maximum absolute atomic E-state index is 10.9. The Balaban J connectivity index is 0.000000482. The van der Waals surface area contributed by atoms with Gasteiger partial charge in [0.1, 0.15) is 11.5 Å². The van der Waals surface area contributed by atoms with Crippen LogP contribution in [0, 0.1) is 59.3 Å². The van der Waals surface area contributed by atoms with Gasteiger partial charge in [-0.25, -0.2) is 28.8 Å². The van der Waals surface area contributed by atoms with Crippen LogP contribution in [-0.4, -0.2) is 101 Å². The molecule has 0 aliphatic carbocycles. The number of nitrogens with two attached hydrogens (primary N) is 1. The van der Waals surface area contributed by atoms with Gasteiger partial charge in [0.2, 0.25) is 5.82 Å². The molecule has 0 unspecified atom stereocenters. The van der Waals surface area contributed by atoms with Crippen molar-refractivity contribution >= 4 is 46.1 Å². The molecule has 0 radical (unpaired) electrons. The third-order valence-electron chi connectivity index (χ3n) is 19.6. The van der Waals surface area contributed by atoms with Crippen LogP contribution >= 0.6 is 0 Å². The van der Waals surface area contributed by atoms with E-state index in [0.717, 1.165) is 96.6 Å². The molecular weight excluding hydrogens is 1630 g/mol. The maximum atomic E-state index is 10.9. The van der Waals surface area contributed by atoms with Gasteiger partial charge in [-0.15, -0.1) is 10.2 Å². The molecule has 0 aliphatic heterocycles. The lowest BCUT2D eigenvalue weighted by Gasteiger charge is -2.10. The number of phenolic OH excluding ortho intramolecular Hbond substituents is 1. The molecule has 0 atom stereocenters. The summed E-state index contributed by atoms with van der Waals surface area (Å²) in [6.07, 6.45) is 2.91. The largest absolute Gasteiger partial charge is 0.508 e. The number of aromatic carboxylic acids is 6. The van der Waals surface area contributed by atoms with Gasteiger partial charge in [0.15, 0.2) is 0 Å². The van der Waals surface area contributed by atoms with Crippen LogP contribution in [0.4, 0.5) is 0 Å². The van der Waals surface area contributed by atoms with Gasteiger partial charge >= 0.3 is 46.1 Å². The van der Waals surface area contributed by atoms with Gasteiger partial charge in [0.25, 0.3) is 0 Å². The van der Waals surface area contributed by atoms with Gasteiger partial charge in [-0.05, 0) is 235 Å². The topological polar surface area (TPSA) is 368 Å². The minimum Gasteiger partial charge on any atom is -0.508 e. The molecule has 0 spiro atoms. The Morgan fingerprint density at radius 1 is 0.328 bits per heavy atom. The summed E-state index contributed by atoms with van der Waals surface area (Å²) >= 11 is 0. The van der Waals surface area contributed by atoms with E-state index >= 15 is 0 Å². The molecule has 10 N–H and O–H groups in total. The van der Waals surface area contributed by atoms with E-state index in [1.54, 1.807) is 60.7 Å². The van der Waals surface area contributed by atoms with Gasteiger partial charge in [-0.1, -0.05) is 330 Å². The maximum Gasteiger partial charge on any atom is 0.380 e. The number of hydrogen-bond donors (Lipinski definition) is 9. The Morgan fingerprint density at radius 2 is 0.594 bits per heavy atom. The fourth-order valence-corrected chi connectivity index (χ4v) is 13.6. The number of benzene rings is 10. The fraction of sp³-hybridized carbons (Fsp3) is 0.368. The first-order valence-corrected chi connectivity index (χ1v) is 44.7. The normalized spacial score (nSPS) is 10.6. The first-order chi connectivity index (χ1) is 59.8. The van der Waals surface area contributed by atoms with E-state index in [1.165, 1.54) is 23.1 Å². The van der Waals surface area contributed by atoms with E-state index in [0.29, 0.717) is 68.5 Å². The Hall–Kier alpha value is -12.4. The summed E-state index contributed by atoms with van der Waals surface area (Å²) in [4.78, 5) is 65.1. The zero-order valence-electron chi connectivity index (χ0n) is 79.7. The number of phenols is 1. The highest BCUT2D eigenvalue weighted by Gasteiger charge is 2.19. The summed E-state index contributed by atoms with van der Waals surface area (Å²) < 4.78 is 26.3. The average Bonchev–Trinajstić information content (AvgIpc) is 0.987. The van der Waals surface area contributed by atoms with Crippen molar-refractivity contribution in [3.05, 3.63) is 335 Å². The van der Waals surface area contributed by atoms with Crippen LogP contribution in [0.2, 0.25) is 0 Å². The number of aromatic amines is 1. The highest BCUT2D eigenvalue weighted by Crippen LogP contribution is 2.30. The molecule has 11 rings (SSSR count). The van der Waals surface area contributed by atoms with Gasteiger partial charge < -0.3 is 39.9 Å². The van der Waals surface area contributed by atoms with Crippen LogP contribution in [0.3, 0.4) is 0 Å². The lowest BCUT2D eigenvalue weighted by atomic mass is 9.96. The lowest BCUT2D eigenvalue weighted by molar-refractivity contribution is 0.0684. The number of rotatable bonds is 22. The minimum absolute atomic E-state index is 0.256. The number of carbonyl (C=O) groups is 6. The Labute approximate surface area is 760 Å². The number of carboxylic acids is 6. The van der Waals surface area contributed by atoms with E-state index in [-0.39, 0.29) is 35.5 Å². The number of para-hydroxylation sites is 2. The number of nitrogens with zero attached hydrogens (tertiary/aromatic N) is 3. The first-order valence-electron chi connectivity index (χ1n) is 43.3. The van der Waals surface area contributed by atoms with Crippen LogP contribution < -0.4 is 9.32 Å². The van der Waals surface area contributed by atoms with E-state index < -0.39 is 46.1 Å². The van der Waals surface area contributed by atoms with Crippen LogP contribution in [0.1, 0.15) is 331 Å². The van der Waals surface area contributed by atoms with Crippen molar-refractivity contribution in [2.75, 3.05) is 0 Å². The summed E-state index contributed by atoms with van der Waals surface area (Å²) in [5.41, 5.74) is 20.0. The third kappa shape index (κ3) is 40.9. The van der Waals surface area contributed by atoms with Crippen LogP contribution in [0.15, 0.2) is 212 Å². The second-order valence-electron chi connectivity index (χ2n) is 34.8. The molecule has 22 heteroatoms. The number of H-pyrrole nitrogens is 1. The molecule has 11 aromatic rings. The van der Waals surface area contributed by atoms with Crippen molar-refractivity contribution in [3.63, 3.8) is 0 Å². The molecule has 0 fully saturated rings. The summed E-state index contributed by atoms with van der Waals surface area (Å²) in [5.74, 6) is 0.135. The number of hydrogen-bond acceptors (Lipinski definition) is 13. The summed E-state index contributed by atoms with van der Waals surface area (Å²) in [7, 11) is -3.94. The molecule has 0 aliphatic rings. The smallest absolute Gasteiger partial charge is 0.380 e. The average molecular weight is 1770 g/mol. The zero-order chi connectivity index (χ0) is 97.2. The molecule has 0 saturated heterocycles. The monoisotopic (exact) mass is 1770 g/mol. The lowest BCUT2D eigenvalue weighted by Crippen LogP contribution is -2.19. The summed E-state index contributed by atoms with van der Waals surface area (Å²) in [6, 6.07) is 66.1. The second-order valence-corrected chi connectivity index (χ2v) is 36.0. The quantitative estimate of drug-likeness (QED) is 0.0304. The molecule has 0 bridgehead atoms. The van der Waals surface area contributed by atoms with Crippen molar-refractivity contribution in [2.45, 2.75) is 241 Å². The van der Waals surface area contributed by atoms with E-state index in [9.17, 15) is 42.3 Å². The van der Waals surface area contributed by atoms with Crippen LogP contribution in [-0.2, 0) is 29.6 Å². The fourth-order valence-electron chi connectivity index (χ4n) is 13.2. The highest BCUT2D eigenvalue weighted by molar-refractivity contribution is 7.84. The van der Waals surface area contributed by atoms with Crippen molar-refractivity contribution < 1.29 is 77.1 Å². The molecule has 1 heterocycles. The van der Waals surface area contributed by atoms with Gasteiger partial charge in [-0.3, -0.25) is 0 Å². The predicted octanol–water partition coefficient (Wildman–Crippen LogP) is 25.8. The van der Waals surface area contributed by atoms with Crippen molar-refractivity contribution in [3.8, 4) is 22.9 Å². The molecule has 10 aromatic carbocycles. The van der Waals surface area contributed by atoms with Crippen LogP contribution in [0.25, 0.3) is 11.4 Å². The number of aromatic nitrogens is 4. The number of nitrogens with one attached hydrogen (secondary N) is 1. The standard InChI is InChI=1S/5C11H14O2.C11H16.C10H12N4.C10H15NO3S.C10H12O2.C10H14O/c5*1-7(2)9-5-4-8(3)6-10(9)11(12)13;1-9(2)8-11-7-5-4-6-10(11)3;1-7(2)8-5-3-4-6-9(8)10-11-13-14-12-10;1-8(2)7-9-5-3-4-6-10(9)14-15(11,12)13;1-7(2)8-5-3-4-6-9(8)10(11)12;1-8(2)7-9-5-3-4-6-10(9)11/h5*4-7H,1-3H3,(H,12,13);4-7,9H,8H2,1-3H3;3-7H,1-2H3,(H,11,12,13,14);3-6,8H,7H2,1-2H3,(H2,11,12,13);3-7H,1-2H3,(H,11,12);3-6,8,11H,7H2,1-2H3. The Bertz CT molecular complexity index is 4990. The zero-order valence-corrected chi connectivity index (χ0v) is 80.6. The summed E-state index contributed by atoms with van der Waals surface area (Å²) in [6.45, 7) is 52.8. The molecular formula is C106H139N5O16S. The van der Waals surface area contributed by atoms with E-state index in [4.69, 9.17) is 35.8 Å². The van der Waals surface area contributed by atoms with Crippen molar-refractivity contribution in [1.29, 1.82) is 0 Å². The van der Waals surface area contributed by atoms with Crippen molar-refractivity contribution in [2.24, 2.45) is 22.9 Å². The van der Waals surface area contributed by atoms with Crippen molar-refractivity contribution in [1.82, 2.24) is 20.6 Å². The summed E-state index contributed by atoms with van der Waals surface area (Å²) in [5, 5.41) is 81.7. The third-order valence-corrected chi connectivity index (χ3v) is 20.0. The Kier molecular flexibility index (Phi) is 48.8. The molecule has 0 amide bonds. The molecule has 690 valence electrons. The van der Waals surface area contributed by atoms with Gasteiger partial charge in [0.05, 0.1) is 33.4 Å². The molecule has 128 heavy (non-hydrogen) atoms. The molecule has 0 saturated carbocycles. The SMILES string of the molecule is CC(C)Cc1ccccc1O.CC(C)Cc1ccccc1OS(N)(=O)=O.CC(C)c1ccccc1-c1nn[nH]n1.CC(C)c1ccccc1C(=O)O.Cc1ccc(C(C)C)c(C(=O)O)c1.Cc1ccc(C(C)C)c(C(=O)O)c1.Cc1ccc(C(C)C)c(C(=O)O)c1.Cc1ccc(C(C)C)c(C(=O)O)c1.Cc1ccc(C(C)C)c(C(=O)O)c1.Cc1ccccc1CC(C)C. The predicted molar refractivity (Wildman–Crippen MR) is 517 cm³/mol. The molecule has 1 aromatic heterocycles. The number of aryl methyl sites for hydroxylation is 6.